The van der Waals surface area contributed by atoms with Crippen LogP contribution in [0.1, 0.15) is 5.82 Å². The number of halogens is 3. The monoisotopic (exact) mass is 210 g/mol. The summed E-state index contributed by atoms with van der Waals surface area (Å²) in [7, 11) is 0. The predicted octanol–water partition coefficient (Wildman–Crippen LogP) is 0.508. The highest BCUT2D eigenvalue weighted by atomic mass is 19.4. The van der Waals surface area contributed by atoms with Crippen LogP contribution < -0.4 is 5.73 Å². The van der Waals surface area contributed by atoms with Gasteiger partial charge in [-0.15, -0.1) is 5.10 Å². The maximum atomic E-state index is 11.6. The lowest BCUT2D eigenvalue weighted by atomic mass is 10.4. The normalized spacial score (nSPS) is 11.9. The quantitative estimate of drug-likeness (QED) is 0.710. The summed E-state index contributed by atoms with van der Waals surface area (Å²) in [6.07, 6.45) is -4.07. The molecule has 0 aromatic carbocycles. The molecule has 80 valence electrons. The summed E-state index contributed by atoms with van der Waals surface area (Å²) < 4.78 is 39.2. The van der Waals surface area contributed by atoms with Gasteiger partial charge in [0.1, 0.15) is 12.4 Å². The first-order chi connectivity index (χ1) is 6.47. The second-order valence-electron chi connectivity index (χ2n) is 2.56. The molecule has 1 heterocycles. The van der Waals surface area contributed by atoms with E-state index in [1.165, 1.54) is 0 Å². The van der Waals surface area contributed by atoms with Crippen molar-refractivity contribution in [2.24, 2.45) is 0 Å². The third-order valence-corrected chi connectivity index (χ3v) is 1.30. The van der Waals surface area contributed by atoms with Crippen LogP contribution in [-0.2, 0) is 11.2 Å². The second-order valence-corrected chi connectivity index (χ2v) is 2.56. The summed E-state index contributed by atoms with van der Waals surface area (Å²) in [5.41, 5.74) is 5.18. The molecule has 0 aliphatic rings. The van der Waals surface area contributed by atoms with Gasteiger partial charge in [0, 0.05) is 6.42 Å². The number of aromatic nitrogens is 3. The van der Waals surface area contributed by atoms with Gasteiger partial charge in [0.2, 0.25) is 5.95 Å². The second kappa shape index (κ2) is 4.27. The van der Waals surface area contributed by atoms with E-state index in [1.54, 1.807) is 0 Å². The molecular weight excluding hydrogens is 201 g/mol. The summed E-state index contributed by atoms with van der Waals surface area (Å²) in [5.74, 6) is 0.473. The molecule has 1 aromatic heterocycles. The minimum Gasteiger partial charge on any atom is -0.372 e. The molecule has 0 radical (unpaired) electrons. The van der Waals surface area contributed by atoms with E-state index < -0.39 is 12.8 Å². The number of nitrogens with zero attached hydrogens (tertiary/aromatic N) is 2. The zero-order valence-corrected chi connectivity index (χ0v) is 7.14. The topological polar surface area (TPSA) is 76.8 Å². The third kappa shape index (κ3) is 4.08. The van der Waals surface area contributed by atoms with Crippen LogP contribution in [0.2, 0.25) is 0 Å². The highest BCUT2D eigenvalue weighted by molar-refractivity contribution is 5.12. The lowest BCUT2D eigenvalue weighted by molar-refractivity contribution is -0.173. The number of rotatable bonds is 4. The van der Waals surface area contributed by atoms with Gasteiger partial charge >= 0.3 is 6.18 Å². The molecule has 0 saturated heterocycles. The Morgan fingerprint density at radius 2 is 2.14 bits per heavy atom. The van der Waals surface area contributed by atoms with Crippen LogP contribution in [0.15, 0.2) is 0 Å². The fourth-order valence-electron chi connectivity index (χ4n) is 0.779. The minimum absolute atomic E-state index is 0.0656. The molecule has 1 rings (SSSR count). The maximum Gasteiger partial charge on any atom is 0.411 e. The van der Waals surface area contributed by atoms with Crippen molar-refractivity contribution >= 4 is 5.95 Å². The summed E-state index contributed by atoms with van der Waals surface area (Å²) in [4.78, 5) is 3.69. The van der Waals surface area contributed by atoms with Crippen molar-refractivity contribution in [1.82, 2.24) is 15.2 Å². The minimum atomic E-state index is -4.29. The number of alkyl halides is 3. The summed E-state index contributed by atoms with van der Waals surface area (Å²) in [6, 6.07) is 0. The van der Waals surface area contributed by atoms with Crippen LogP contribution in [0.5, 0.6) is 0 Å². The molecule has 0 unspecified atom stereocenters. The molecule has 0 atom stereocenters. The molecule has 3 N–H and O–H groups in total. The van der Waals surface area contributed by atoms with Crippen LogP contribution in [0.4, 0.5) is 19.1 Å². The molecular formula is C6H9F3N4O. The fourth-order valence-corrected chi connectivity index (χ4v) is 0.779. The number of nitrogen functional groups attached to an aromatic ring is 1. The molecule has 0 saturated carbocycles. The standard InChI is InChI=1S/C6H9F3N4O/c7-6(8,9)3-14-2-1-4-11-5(10)13-12-4/h1-3H2,(H3,10,11,12,13). The Morgan fingerprint density at radius 3 is 2.64 bits per heavy atom. The molecule has 0 aliphatic heterocycles. The average Bonchev–Trinajstić information content (AvgIpc) is 2.44. The summed E-state index contributed by atoms with van der Waals surface area (Å²) >= 11 is 0. The first-order valence-corrected chi connectivity index (χ1v) is 3.78. The van der Waals surface area contributed by atoms with Crippen molar-refractivity contribution in [3.8, 4) is 0 Å². The van der Waals surface area contributed by atoms with Crippen molar-refractivity contribution in [3.05, 3.63) is 5.82 Å². The Hall–Kier alpha value is -1.31. The smallest absolute Gasteiger partial charge is 0.372 e. The molecule has 14 heavy (non-hydrogen) atoms. The predicted molar refractivity (Wildman–Crippen MR) is 41.4 cm³/mol. The Kier molecular flexibility index (Phi) is 3.28. The molecule has 5 nitrogen and oxygen atoms in total. The van der Waals surface area contributed by atoms with Crippen molar-refractivity contribution in [2.75, 3.05) is 18.9 Å². The zero-order valence-electron chi connectivity index (χ0n) is 7.14. The fraction of sp³-hybridized carbons (Fsp3) is 0.667. The van der Waals surface area contributed by atoms with E-state index in [0.29, 0.717) is 5.82 Å². The van der Waals surface area contributed by atoms with Gasteiger partial charge < -0.3 is 10.5 Å². The van der Waals surface area contributed by atoms with E-state index in [-0.39, 0.29) is 19.0 Å². The number of nitrogens with one attached hydrogen (secondary N) is 1. The van der Waals surface area contributed by atoms with Crippen molar-refractivity contribution in [1.29, 1.82) is 0 Å². The van der Waals surface area contributed by atoms with Gasteiger partial charge in [-0.05, 0) is 0 Å². The third-order valence-electron chi connectivity index (χ3n) is 1.30. The van der Waals surface area contributed by atoms with Crippen molar-refractivity contribution in [3.63, 3.8) is 0 Å². The molecule has 0 bridgehead atoms. The molecule has 0 fully saturated rings. The zero-order chi connectivity index (χ0) is 10.6. The van der Waals surface area contributed by atoms with Gasteiger partial charge in [-0.1, -0.05) is 0 Å². The van der Waals surface area contributed by atoms with Gasteiger partial charge in [-0.25, -0.2) is 0 Å². The van der Waals surface area contributed by atoms with E-state index in [0.717, 1.165) is 0 Å². The van der Waals surface area contributed by atoms with Crippen molar-refractivity contribution < 1.29 is 17.9 Å². The van der Waals surface area contributed by atoms with Gasteiger partial charge in [-0.2, -0.15) is 18.2 Å². The van der Waals surface area contributed by atoms with E-state index in [2.05, 4.69) is 19.9 Å². The summed E-state index contributed by atoms with van der Waals surface area (Å²) in [5, 5.41) is 5.96. The lowest BCUT2D eigenvalue weighted by Gasteiger charge is -2.05. The molecule has 0 spiro atoms. The van der Waals surface area contributed by atoms with Crippen molar-refractivity contribution in [2.45, 2.75) is 12.6 Å². The van der Waals surface area contributed by atoms with Crippen LogP contribution in [-0.4, -0.2) is 34.6 Å². The Balaban J connectivity index is 2.16. The van der Waals surface area contributed by atoms with Gasteiger partial charge in [0.15, 0.2) is 0 Å². The number of H-pyrrole nitrogens is 1. The van der Waals surface area contributed by atoms with Gasteiger partial charge in [-0.3, -0.25) is 5.10 Å². The van der Waals surface area contributed by atoms with Crippen LogP contribution in [0.25, 0.3) is 0 Å². The molecule has 1 aromatic rings. The first-order valence-electron chi connectivity index (χ1n) is 3.78. The lowest BCUT2D eigenvalue weighted by Crippen LogP contribution is -2.18. The number of nitrogens with two attached hydrogens (primary N) is 1. The molecule has 0 aliphatic carbocycles. The van der Waals surface area contributed by atoms with E-state index >= 15 is 0 Å². The number of hydrogen-bond donors (Lipinski definition) is 2. The number of anilines is 1. The van der Waals surface area contributed by atoms with Crippen LogP contribution in [0.3, 0.4) is 0 Å². The van der Waals surface area contributed by atoms with E-state index in [1.807, 2.05) is 0 Å². The number of ether oxygens (including phenoxy) is 1. The molecule has 0 amide bonds. The highest BCUT2D eigenvalue weighted by Gasteiger charge is 2.27. The number of aromatic amines is 1. The average molecular weight is 210 g/mol. The van der Waals surface area contributed by atoms with Gasteiger partial charge in [0.05, 0.1) is 6.61 Å². The van der Waals surface area contributed by atoms with E-state index in [4.69, 9.17) is 5.73 Å². The number of hydrogen-bond acceptors (Lipinski definition) is 4. The SMILES string of the molecule is Nc1n[nH]c(CCOCC(F)(F)F)n1. The summed E-state index contributed by atoms with van der Waals surface area (Å²) in [6.45, 7) is -1.33. The maximum absolute atomic E-state index is 11.6. The Bertz CT molecular complexity index is 285. The van der Waals surface area contributed by atoms with Gasteiger partial charge in [0.25, 0.3) is 0 Å². The largest absolute Gasteiger partial charge is 0.411 e. The Morgan fingerprint density at radius 1 is 1.43 bits per heavy atom. The highest BCUT2D eigenvalue weighted by Crippen LogP contribution is 2.14. The van der Waals surface area contributed by atoms with Crippen LogP contribution in [0, 0.1) is 0 Å². The van der Waals surface area contributed by atoms with E-state index in [9.17, 15) is 13.2 Å². The van der Waals surface area contributed by atoms with Crippen LogP contribution >= 0.6 is 0 Å². The molecule has 8 heteroatoms. The first kappa shape index (κ1) is 10.8. The Labute approximate surface area is 77.5 Å².